The summed E-state index contributed by atoms with van der Waals surface area (Å²) in [5.41, 5.74) is 0. The number of hydrogen-bond acceptors (Lipinski definition) is 3. The average molecular weight is 170 g/mol. The summed E-state index contributed by atoms with van der Waals surface area (Å²) in [5, 5.41) is 0. The fourth-order valence-electron chi connectivity index (χ4n) is 2.21. The maximum absolute atomic E-state index is 11.3. The van der Waals surface area contributed by atoms with E-state index in [0.29, 0.717) is 5.92 Å². The van der Waals surface area contributed by atoms with Crippen molar-refractivity contribution >= 4 is 5.97 Å². The smallest absolute Gasteiger partial charge is 0.313 e. The van der Waals surface area contributed by atoms with Gasteiger partial charge in [0.25, 0.3) is 0 Å². The van der Waals surface area contributed by atoms with E-state index in [1.165, 1.54) is 6.42 Å². The summed E-state index contributed by atoms with van der Waals surface area (Å²) >= 11 is 0. The molecule has 1 heterocycles. The summed E-state index contributed by atoms with van der Waals surface area (Å²) in [6.07, 6.45) is 3.45. The zero-order valence-electron chi connectivity index (χ0n) is 7.29. The van der Waals surface area contributed by atoms with Gasteiger partial charge in [-0.3, -0.25) is 4.79 Å². The van der Waals surface area contributed by atoms with Crippen molar-refractivity contribution < 1.29 is 14.3 Å². The van der Waals surface area contributed by atoms with Crippen LogP contribution in [0.4, 0.5) is 0 Å². The lowest BCUT2D eigenvalue weighted by molar-refractivity contribution is -0.204. The Kier molecular flexibility index (Phi) is 2.05. The molecule has 2 fully saturated rings. The third-order valence-electron chi connectivity index (χ3n) is 2.92. The first-order valence-corrected chi connectivity index (χ1v) is 4.57. The normalized spacial score (nSPS) is 41.8. The summed E-state index contributed by atoms with van der Waals surface area (Å²) in [6.45, 7) is 2.26. The first-order chi connectivity index (χ1) is 5.79. The lowest BCUT2D eigenvalue weighted by Gasteiger charge is -2.37. The van der Waals surface area contributed by atoms with Crippen molar-refractivity contribution in [3.05, 3.63) is 0 Å². The van der Waals surface area contributed by atoms with Crippen LogP contribution < -0.4 is 0 Å². The summed E-state index contributed by atoms with van der Waals surface area (Å²) in [6, 6.07) is 0. The summed E-state index contributed by atoms with van der Waals surface area (Å²) in [4.78, 5) is 11.3. The molecule has 0 aromatic heterocycles. The van der Waals surface area contributed by atoms with E-state index in [1.54, 1.807) is 0 Å². The standard InChI is InChI=1S/C9H14O3/c1-6-3-2-4-7-8(6)9(10)12-5-11-7/h6-8H,2-5H2,1H3. The van der Waals surface area contributed by atoms with Gasteiger partial charge in [-0.1, -0.05) is 13.3 Å². The predicted molar refractivity (Wildman–Crippen MR) is 42.3 cm³/mol. The Morgan fingerprint density at radius 3 is 3.00 bits per heavy atom. The van der Waals surface area contributed by atoms with Crippen LogP contribution in [0, 0.1) is 11.8 Å². The van der Waals surface area contributed by atoms with Gasteiger partial charge < -0.3 is 9.47 Å². The molecule has 0 aromatic carbocycles. The molecule has 2 rings (SSSR count). The van der Waals surface area contributed by atoms with Crippen molar-refractivity contribution in [3.8, 4) is 0 Å². The van der Waals surface area contributed by atoms with Crippen LogP contribution in [0.15, 0.2) is 0 Å². The number of cyclic esters (lactones) is 1. The third-order valence-corrected chi connectivity index (χ3v) is 2.92. The Balaban J connectivity index is 2.12. The Bertz CT molecular complexity index is 188. The molecule has 3 nitrogen and oxygen atoms in total. The highest BCUT2D eigenvalue weighted by atomic mass is 16.7. The van der Waals surface area contributed by atoms with Gasteiger partial charge in [0.05, 0.1) is 12.0 Å². The number of fused-ring (bicyclic) bond motifs is 1. The second kappa shape index (κ2) is 3.05. The minimum Gasteiger partial charge on any atom is -0.438 e. The molecule has 12 heavy (non-hydrogen) atoms. The van der Waals surface area contributed by atoms with Gasteiger partial charge in [0.1, 0.15) is 0 Å². The number of rotatable bonds is 0. The van der Waals surface area contributed by atoms with E-state index in [9.17, 15) is 4.79 Å². The van der Waals surface area contributed by atoms with Crippen molar-refractivity contribution in [3.63, 3.8) is 0 Å². The number of carbonyl (C=O) groups excluding carboxylic acids is 1. The number of esters is 1. The summed E-state index contributed by atoms with van der Waals surface area (Å²) in [7, 11) is 0. The second-order valence-electron chi connectivity index (χ2n) is 3.72. The molecule has 0 amide bonds. The maximum Gasteiger partial charge on any atom is 0.313 e. The summed E-state index contributed by atoms with van der Waals surface area (Å²) in [5.74, 6) is 0.377. The number of carbonyl (C=O) groups is 1. The second-order valence-corrected chi connectivity index (χ2v) is 3.72. The lowest BCUT2D eigenvalue weighted by atomic mass is 9.78. The van der Waals surface area contributed by atoms with Crippen LogP contribution in [0.25, 0.3) is 0 Å². The van der Waals surface area contributed by atoms with Gasteiger partial charge >= 0.3 is 5.97 Å². The fourth-order valence-corrected chi connectivity index (χ4v) is 2.21. The molecule has 2 aliphatic rings. The molecular weight excluding hydrogens is 156 g/mol. The topological polar surface area (TPSA) is 35.5 Å². The molecule has 3 unspecified atom stereocenters. The maximum atomic E-state index is 11.3. The molecule has 1 saturated heterocycles. The Hall–Kier alpha value is -0.570. The average Bonchev–Trinajstić information content (AvgIpc) is 2.04. The van der Waals surface area contributed by atoms with E-state index < -0.39 is 0 Å². The Morgan fingerprint density at radius 2 is 2.25 bits per heavy atom. The van der Waals surface area contributed by atoms with E-state index in [1.807, 2.05) is 0 Å². The molecular formula is C9H14O3. The van der Waals surface area contributed by atoms with Gasteiger partial charge in [-0.25, -0.2) is 0 Å². The van der Waals surface area contributed by atoms with Gasteiger partial charge in [-0.05, 0) is 18.8 Å². The van der Waals surface area contributed by atoms with Crippen molar-refractivity contribution in [1.29, 1.82) is 0 Å². The van der Waals surface area contributed by atoms with Gasteiger partial charge in [-0.15, -0.1) is 0 Å². The van der Waals surface area contributed by atoms with Gasteiger partial charge in [0.15, 0.2) is 6.79 Å². The molecule has 1 saturated carbocycles. The molecule has 0 N–H and O–H groups in total. The molecule has 0 radical (unpaired) electrons. The van der Waals surface area contributed by atoms with Crippen LogP contribution in [0.1, 0.15) is 26.2 Å². The van der Waals surface area contributed by atoms with Crippen LogP contribution in [0.5, 0.6) is 0 Å². The minimum atomic E-state index is -0.0570. The highest BCUT2D eigenvalue weighted by Crippen LogP contribution is 2.34. The van der Waals surface area contributed by atoms with Crippen molar-refractivity contribution in [2.75, 3.05) is 6.79 Å². The van der Waals surface area contributed by atoms with Crippen LogP contribution >= 0.6 is 0 Å². The highest BCUT2D eigenvalue weighted by molar-refractivity contribution is 5.74. The number of ether oxygens (including phenoxy) is 2. The van der Waals surface area contributed by atoms with Crippen molar-refractivity contribution in [1.82, 2.24) is 0 Å². The molecule has 0 spiro atoms. The first-order valence-electron chi connectivity index (χ1n) is 4.57. The van der Waals surface area contributed by atoms with E-state index in [4.69, 9.17) is 9.47 Å². The molecule has 68 valence electrons. The third kappa shape index (κ3) is 1.22. The Labute approximate surface area is 72.0 Å². The van der Waals surface area contributed by atoms with Crippen LogP contribution in [-0.2, 0) is 14.3 Å². The highest BCUT2D eigenvalue weighted by Gasteiger charge is 2.40. The zero-order valence-corrected chi connectivity index (χ0v) is 7.29. The molecule has 3 atom stereocenters. The van der Waals surface area contributed by atoms with Gasteiger partial charge in [0.2, 0.25) is 0 Å². The van der Waals surface area contributed by atoms with Gasteiger partial charge in [-0.2, -0.15) is 0 Å². The Morgan fingerprint density at radius 1 is 1.42 bits per heavy atom. The molecule has 3 heteroatoms. The quantitative estimate of drug-likeness (QED) is 0.514. The van der Waals surface area contributed by atoms with E-state index in [2.05, 4.69) is 6.92 Å². The van der Waals surface area contributed by atoms with Crippen LogP contribution in [-0.4, -0.2) is 18.9 Å². The van der Waals surface area contributed by atoms with Gasteiger partial charge in [0, 0.05) is 0 Å². The van der Waals surface area contributed by atoms with E-state index >= 15 is 0 Å². The fraction of sp³-hybridized carbons (Fsp3) is 0.889. The monoisotopic (exact) mass is 170 g/mol. The predicted octanol–water partition coefficient (Wildman–Crippen LogP) is 1.32. The minimum absolute atomic E-state index is 0.00694. The SMILES string of the molecule is CC1CCCC2OCOC(=O)C12. The van der Waals surface area contributed by atoms with E-state index in [-0.39, 0.29) is 24.8 Å². The lowest BCUT2D eigenvalue weighted by Crippen LogP contribution is -2.44. The van der Waals surface area contributed by atoms with Crippen molar-refractivity contribution in [2.24, 2.45) is 11.8 Å². The first kappa shape index (κ1) is 8.05. The zero-order chi connectivity index (χ0) is 8.55. The van der Waals surface area contributed by atoms with E-state index in [0.717, 1.165) is 12.8 Å². The van der Waals surface area contributed by atoms with Crippen molar-refractivity contribution in [2.45, 2.75) is 32.3 Å². The molecule has 0 bridgehead atoms. The largest absolute Gasteiger partial charge is 0.438 e. The number of hydrogen-bond donors (Lipinski definition) is 0. The van der Waals surface area contributed by atoms with Crippen LogP contribution in [0.2, 0.25) is 0 Å². The molecule has 1 aliphatic carbocycles. The van der Waals surface area contributed by atoms with Crippen LogP contribution in [0.3, 0.4) is 0 Å². The molecule has 0 aromatic rings. The summed E-state index contributed by atoms with van der Waals surface area (Å²) < 4.78 is 10.2. The molecule has 1 aliphatic heterocycles.